The van der Waals surface area contributed by atoms with Crippen LogP contribution in [0.25, 0.3) is 0 Å². The third-order valence-corrected chi connectivity index (χ3v) is 4.54. The van der Waals surface area contributed by atoms with Crippen molar-refractivity contribution >= 4 is 11.8 Å². The Morgan fingerprint density at radius 2 is 1.43 bits per heavy atom. The predicted molar refractivity (Wildman–Crippen MR) is 108 cm³/mol. The highest BCUT2D eigenvalue weighted by atomic mass is 16.3. The molecule has 5 nitrogen and oxygen atoms in total. The van der Waals surface area contributed by atoms with Gasteiger partial charge in [0, 0.05) is 25.4 Å². The van der Waals surface area contributed by atoms with Crippen molar-refractivity contribution in [2.45, 2.75) is 18.8 Å². The van der Waals surface area contributed by atoms with Crippen LogP contribution in [0.3, 0.4) is 0 Å². The molecule has 0 atom stereocenters. The van der Waals surface area contributed by atoms with Crippen molar-refractivity contribution in [2.75, 3.05) is 13.1 Å². The zero-order valence-corrected chi connectivity index (χ0v) is 15.6. The van der Waals surface area contributed by atoms with Crippen LogP contribution in [-0.2, 0) is 4.79 Å². The monoisotopic (exact) mass is 376 g/mol. The summed E-state index contributed by atoms with van der Waals surface area (Å²) in [5, 5.41) is 5.62. The van der Waals surface area contributed by atoms with Gasteiger partial charge in [0.1, 0.15) is 0 Å². The van der Waals surface area contributed by atoms with Gasteiger partial charge in [0.15, 0.2) is 5.76 Å². The minimum Gasteiger partial charge on any atom is -0.459 e. The largest absolute Gasteiger partial charge is 0.459 e. The summed E-state index contributed by atoms with van der Waals surface area (Å²) in [7, 11) is 0. The van der Waals surface area contributed by atoms with Crippen LogP contribution in [-0.4, -0.2) is 24.9 Å². The number of hydrogen-bond acceptors (Lipinski definition) is 3. The molecule has 3 aromatic rings. The van der Waals surface area contributed by atoms with Gasteiger partial charge in [0.25, 0.3) is 5.91 Å². The van der Waals surface area contributed by atoms with Crippen LogP contribution >= 0.6 is 0 Å². The second kappa shape index (κ2) is 10.1. The Kier molecular flexibility index (Phi) is 7.01. The van der Waals surface area contributed by atoms with Crippen molar-refractivity contribution in [3.63, 3.8) is 0 Å². The van der Waals surface area contributed by atoms with Gasteiger partial charge in [-0.15, -0.1) is 0 Å². The molecule has 0 aliphatic heterocycles. The fourth-order valence-electron chi connectivity index (χ4n) is 3.13. The summed E-state index contributed by atoms with van der Waals surface area (Å²) < 4.78 is 5.02. The Morgan fingerprint density at radius 1 is 0.786 bits per heavy atom. The van der Waals surface area contributed by atoms with Crippen LogP contribution in [0.1, 0.15) is 40.4 Å². The quantitative estimate of drug-likeness (QED) is 0.598. The lowest BCUT2D eigenvalue weighted by Crippen LogP contribution is -2.31. The molecule has 144 valence electrons. The smallest absolute Gasteiger partial charge is 0.286 e. The number of benzene rings is 2. The molecule has 0 unspecified atom stereocenters. The van der Waals surface area contributed by atoms with Gasteiger partial charge in [-0.2, -0.15) is 0 Å². The molecule has 3 rings (SSSR count). The summed E-state index contributed by atoms with van der Waals surface area (Å²) in [5.74, 6) is 0.0703. The van der Waals surface area contributed by atoms with E-state index >= 15 is 0 Å². The molecule has 5 heteroatoms. The molecule has 0 saturated heterocycles. The minimum absolute atomic E-state index is 0.0837. The van der Waals surface area contributed by atoms with Gasteiger partial charge in [-0.1, -0.05) is 60.7 Å². The number of nitrogens with one attached hydrogen (secondary N) is 2. The second-order valence-electron chi connectivity index (χ2n) is 6.50. The molecule has 28 heavy (non-hydrogen) atoms. The number of carbonyl (C=O) groups excluding carboxylic acids is 2. The van der Waals surface area contributed by atoms with E-state index in [-0.39, 0.29) is 36.5 Å². The summed E-state index contributed by atoms with van der Waals surface area (Å²) in [6.45, 7) is 0.839. The van der Waals surface area contributed by atoms with E-state index in [0.29, 0.717) is 6.54 Å². The lowest BCUT2D eigenvalue weighted by Gasteiger charge is -2.18. The number of amides is 2. The maximum atomic E-state index is 12.1. The van der Waals surface area contributed by atoms with E-state index in [0.717, 1.165) is 6.42 Å². The molecule has 2 amide bonds. The summed E-state index contributed by atoms with van der Waals surface area (Å²) in [6, 6.07) is 23.8. The number of rotatable bonds is 9. The first-order valence-electron chi connectivity index (χ1n) is 9.42. The molecule has 0 saturated carbocycles. The third kappa shape index (κ3) is 5.58. The molecular weight excluding hydrogens is 352 g/mol. The van der Waals surface area contributed by atoms with Crippen molar-refractivity contribution in [3.8, 4) is 0 Å². The number of furan rings is 1. The zero-order valence-electron chi connectivity index (χ0n) is 15.6. The Balaban J connectivity index is 1.46. The maximum absolute atomic E-state index is 12.1. The van der Waals surface area contributed by atoms with Crippen molar-refractivity contribution in [1.29, 1.82) is 0 Å². The minimum atomic E-state index is -0.314. The topological polar surface area (TPSA) is 71.3 Å². The molecular formula is C23H24N2O3. The van der Waals surface area contributed by atoms with Crippen LogP contribution in [0.15, 0.2) is 83.5 Å². The van der Waals surface area contributed by atoms with Crippen LogP contribution in [0.4, 0.5) is 0 Å². The summed E-state index contributed by atoms with van der Waals surface area (Å²) in [5.41, 5.74) is 2.46. The number of carbonyl (C=O) groups is 2. The van der Waals surface area contributed by atoms with Gasteiger partial charge in [0.2, 0.25) is 5.91 Å². The van der Waals surface area contributed by atoms with E-state index in [4.69, 9.17) is 4.42 Å². The highest BCUT2D eigenvalue weighted by Gasteiger charge is 2.14. The summed E-state index contributed by atoms with van der Waals surface area (Å²) in [6.07, 6.45) is 2.48. The van der Waals surface area contributed by atoms with E-state index in [1.165, 1.54) is 17.4 Å². The molecule has 0 aliphatic rings. The summed E-state index contributed by atoms with van der Waals surface area (Å²) in [4.78, 5) is 23.8. The highest BCUT2D eigenvalue weighted by Crippen LogP contribution is 2.27. The van der Waals surface area contributed by atoms with Crippen LogP contribution in [0.2, 0.25) is 0 Å². The van der Waals surface area contributed by atoms with Crippen LogP contribution in [0, 0.1) is 0 Å². The first-order chi connectivity index (χ1) is 13.7. The van der Waals surface area contributed by atoms with Crippen molar-refractivity contribution in [3.05, 3.63) is 95.9 Å². The molecule has 2 aromatic carbocycles. The van der Waals surface area contributed by atoms with Gasteiger partial charge < -0.3 is 15.1 Å². The van der Waals surface area contributed by atoms with E-state index < -0.39 is 0 Å². The van der Waals surface area contributed by atoms with E-state index in [2.05, 4.69) is 34.9 Å². The zero-order chi connectivity index (χ0) is 19.6. The Labute approximate surface area is 164 Å². The average molecular weight is 376 g/mol. The summed E-state index contributed by atoms with van der Waals surface area (Å²) >= 11 is 0. The highest BCUT2D eigenvalue weighted by molar-refractivity contribution is 5.91. The Morgan fingerprint density at radius 3 is 2.00 bits per heavy atom. The van der Waals surface area contributed by atoms with E-state index in [1.54, 1.807) is 12.1 Å². The molecule has 1 aromatic heterocycles. The average Bonchev–Trinajstić information content (AvgIpc) is 3.27. The molecule has 0 fully saturated rings. The van der Waals surface area contributed by atoms with Gasteiger partial charge in [-0.3, -0.25) is 9.59 Å². The fraction of sp³-hybridized carbons (Fsp3) is 0.217. The molecule has 0 bridgehead atoms. The predicted octanol–water partition coefficient (Wildman–Crippen LogP) is 3.74. The van der Waals surface area contributed by atoms with Gasteiger partial charge >= 0.3 is 0 Å². The molecule has 0 radical (unpaired) electrons. The molecule has 1 heterocycles. The molecule has 2 N–H and O–H groups in total. The Bertz CT molecular complexity index is 822. The van der Waals surface area contributed by atoms with E-state index in [9.17, 15) is 9.59 Å². The number of hydrogen-bond donors (Lipinski definition) is 2. The standard InChI is InChI=1S/C23H24N2O3/c26-22(14-16-25-23(27)21-12-7-17-28-21)24-15-13-20(18-8-3-1-4-9-18)19-10-5-2-6-11-19/h1-12,17,20H,13-16H2,(H,24,26)(H,25,27). The third-order valence-electron chi connectivity index (χ3n) is 4.54. The van der Waals surface area contributed by atoms with Gasteiger partial charge in [0.05, 0.1) is 6.26 Å². The molecule has 0 spiro atoms. The van der Waals surface area contributed by atoms with E-state index in [1.807, 2.05) is 36.4 Å². The van der Waals surface area contributed by atoms with Crippen molar-refractivity contribution in [2.24, 2.45) is 0 Å². The first-order valence-corrected chi connectivity index (χ1v) is 9.42. The SMILES string of the molecule is O=C(CCNC(=O)c1ccco1)NCCC(c1ccccc1)c1ccccc1. The fourth-order valence-corrected chi connectivity index (χ4v) is 3.13. The second-order valence-corrected chi connectivity index (χ2v) is 6.50. The van der Waals surface area contributed by atoms with Crippen molar-refractivity contribution < 1.29 is 14.0 Å². The molecule has 0 aliphatic carbocycles. The maximum Gasteiger partial charge on any atom is 0.286 e. The van der Waals surface area contributed by atoms with Gasteiger partial charge in [-0.05, 0) is 29.7 Å². The Hall–Kier alpha value is -3.34. The van der Waals surface area contributed by atoms with Gasteiger partial charge in [-0.25, -0.2) is 0 Å². The van der Waals surface area contributed by atoms with Crippen LogP contribution < -0.4 is 10.6 Å². The lowest BCUT2D eigenvalue weighted by molar-refractivity contribution is -0.120. The first kappa shape index (κ1) is 19.4. The van der Waals surface area contributed by atoms with Crippen LogP contribution in [0.5, 0.6) is 0 Å². The van der Waals surface area contributed by atoms with Crippen molar-refractivity contribution in [1.82, 2.24) is 10.6 Å². The lowest BCUT2D eigenvalue weighted by atomic mass is 9.88. The normalized spacial score (nSPS) is 10.6.